The lowest BCUT2D eigenvalue weighted by Gasteiger charge is -2.58. The van der Waals surface area contributed by atoms with E-state index in [4.69, 9.17) is 4.74 Å². The molecule has 1 spiro atoms. The van der Waals surface area contributed by atoms with Gasteiger partial charge in [0.2, 0.25) is 0 Å². The van der Waals surface area contributed by atoms with Crippen LogP contribution in [-0.4, -0.2) is 36.5 Å². The largest absolute Gasteiger partial charge is 0.393 e. The number of hydrogen-bond acceptors (Lipinski definition) is 3. The quantitative estimate of drug-likeness (QED) is 0.818. The van der Waals surface area contributed by atoms with Crippen LogP contribution in [0.1, 0.15) is 71.1 Å². The van der Waals surface area contributed by atoms with Gasteiger partial charge < -0.3 is 15.2 Å². The summed E-state index contributed by atoms with van der Waals surface area (Å²) in [5, 5.41) is 14.0. The minimum atomic E-state index is -0.0729. The molecule has 0 amide bonds. The highest BCUT2D eigenvalue weighted by Gasteiger charge is 2.55. The van der Waals surface area contributed by atoms with Crippen molar-refractivity contribution in [2.75, 3.05) is 13.2 Å². The highest BCUT2D eigenvalue weighted by atomic mass is 16.5. The van der Waals surface area contributed by atoms with Crippen LogP contribution in [-0.2, 0) is 4.74 Å². The third-order valence-corrected chi connectivity index (χ3v) is 6.43. The molecule has 0 aromatic heterocycles. The predicted molar refractivity (Wildman–Crippen MR) is 85.3 cm³/mol. The first kappa shape index (κ1) is 15.8. The number of aliphatic hydroxyl groups is 1. The molecule has 4 atom stereocenters. The summed E-state index contributed by atoms with van der Waals surface area (Å²) in [5.74, 6) is 0.477. The Morgan fingerprint density at radius 3 is 2.57 bits per heavy atom. The first-order valence-electron chi connectivity index (χ1n) is 9.29. The fraction of sp³-hybridized carbons (Fsp3) is 1.00. The van der Waals surface area contributed by atoms with E-state index in [1.165, 1.54) is 57.8 Å². The summed E-state index contributed by atoms with van der Waals surface area (Å²) < 4.78 is 6.02. The van der Waals surface area contributed by atoms with E-state index in [0.29, 0.717) is 23.5 Å². The second-order valence-corrected chi connectivity index (χ2v) is 7.55. The number of hydrogen-bond donors (Lipinski definition) is 2. The molecule has 21 heavy (non-hydrogen) atoms. The summed E-state index contributed by atoms with van der Waals surface area (Å²) in [6, 6.07) is 0.628. The summed E-state index contributed by atoms with van der Waals surface area (Å²) in [6.07, 6.45) is 13.1. The first-order valence-corrected chi connectivity index (χ1v) is 9.29. The maximum absolute atomic E-state index is 10.1. The van der Waals surface area contributed by atoms with Gasteiger partial charge in [-0.15, -0.1) is 0 Å². The van der Waals surface area contributed by atoms with Gasteiger partial charge in [-0.2, -0.15) is 0 Å². The molecule has 0 saturated heterocycles. The molecular formula is C18H33NO2. The van der Waals surface area contributed by atoms with Crippen molar-refractivity contribution in [3.05, 3.63) is 0 Å². The van der Waals surface area contributed by atoms with Gasteiger partial charge in [-0.25, -0.2) is 0 Å². The Morgan fingerprint density at radius 2 is 1.86 bits per heavy atom. The van der Waals surface area contributed by atoms with Gasteiger partial charge >= 0.3 is 0 Å². The molecule has 0 bridgehead atoms. The van der Waals surface area contributed by atoms with Crippen molar-refractivity contribution >= 4 is 0 Å². The van der Waals surface area contributed by atoms with Gasteiger partial charge in [-0.3, -0.25) is 0 Å². The zero-order valence-electron chi connectivity index (χ0n) is 13.7. The summed E-state index contributed by atoms with van der Waals surface area (Å²) in [7, 11) is 0. The molecule has 3 saturated carbocycles. The predicted octanol–water partition coefficient (Wildman–Crippen LogP) is 3.26. The lowest BCUT2D eigenvalue weighted by molar-refractivity contribution is -0.151. The monoisotopic (exact) mass is 295 g/mol. The standard InChI is InChI=1S/C18H33NO2/c1-2-21-17-12-16(18(17)10-6-3-7-11-18)19-13-14-8-4-5-9-15(14)20/h14-17,19-20H,2-13H2,1H3. The summed E-state index contributed by atoms with van der Waals surface area (Å²) in [6.45, 7) is 3.97. The van der Waals surface area contributed by atoms with Gasteiger partial charge in [0.1, 0.15) is 0 Å². The van der Waals surface area contributed by atoms with Crippen molar-refractivity contribution in [1.29, 1.82) is 0 Å². The molecule has 0 aromatic carbocycles. The van der Waals surface area contributed by atoms with E-state index < -0.39 is 0 Å². The van der Waals surface area contributed by atoms with Gasteiger partial charge in [-0.1, -0.05) is 32.1 Å². The Bertz CT molecular complexity index is 327. The average molecular weight is 295 g/mol. The zero-order chi connectivity index (χ0) is 14.7. The molecule has 3 nitrogen and oxygen atoms in total. The number of ether oxygens (including phenoxy) is 1. The lowest BCUT2D eigenvalue weighted by Crippen LogP contribution is -2.65. The van der Waals surface area contributed by atoms with Gasteiger partial charge in [0.15, 0.2) is 0 Å². The Kier molecular flexibility index (Phi) is 5.23. The summed E-state index contributed by atoms with van der Waals surface area (Å²) >= 11 is 0. The van der Waals surface area contributed by atoms with Crippen LogP contribution in [0.4, 0.5) is 0 Å². The van der Waals surface area contributed by atoms with E-state index in [1.54, 1.807) is 0 Å². The molecular weight excluding hydrogens is 262 g/mol. The molecule has 122 valence electrons. The van der Waals surface area contributed by atoms with Crippen LogP contribution in [0.15, 0.2) is 0 Å². The lowest BCUT2D eigenvalue weighted by atomic mass is 9.55. The topological polar surface area (TPSA) is 41.5 Å². The van der Waals surface area contributed by atoms with Crippen LogP contribution in [0.3, 0.4) is 0 Å². The van der Waals surface area contributed by atoms with Crippen molar-refractivity contribution in [2.45, 2.75) is 89.4 Å². The maximum atomic E-state index is 10.1. The van der Waals surface area contributed by atoms with E-state index in [1.807, 2.05) is 0 Å². The fourth-order valence-corrected chi connectivity index (χ4v) is 5.07. The molecule has 3 aliphatic rings. The zero-order valence-corrected chi connectivity index (χ0v) is 13.7. The average Bonchev–Trinajstić information content (AvgIpc) is 2.52. The van der Waals surface area contributed by atoms with Crippen LogP contribution in [0.25, 0.3) is 0 Å². The van der Waals surface area contributed by atoms with Gasteiger partial charge in [0.05, 0.1) is 12.2 Å². The third kappa shape index (κ3) is 3.16. The molecule has 3 fully saturated rings. The van der Waals surface area contributed by atoms with Crippen molar-refractivity contribution in [3.8, 4) is 0 Å². The Morgan fingerprint density at radius 1 is 1.10 bits per heavy atom. The van der Waals surface area contributed by atoms with E-state index >= 15 is 0 Å². The summed E-state index contributed by atoms with van der Waals surface area (Å²) in [5.41, 5.74) is 0.411. The van der Waals surface area contributed by atoms with Crippen LogP contribution < -0.4 is 5.32 Å². The van der Waals surface area contributed by atoms with Crippen molar-refractivity contribution < 1.29 is 9.84 Å². The van der Waals surface area contributed by atoms with Crippen LogP contribution in [0.5, 0.6) is 0 Å². The van der Waals surface area contributed by atoms with Gasteiger partial charge in [0, 0.05) is 24.6 Å². The molecule has 0 radical (unpaired) electrons. The second kappa shape index (κ2) is 6.97. The molecule has 3 heteroatoms. The molecule has 0 heterocycles. The minimum Gasteiger partial charge on any atom is -0.393 e. The SMILES string of the molecule is CCOC1CC(NCC2CCCCC2O)C12CCCCC2. The van der Waals surface area contributed by atoms with Crippen molar-refractivity contribution in [1.82, 2.24) is 5.32 Å². The summed E-state index contributed by atoms with van der Waals surface area (Å²) in [4.78, 5) is 0. The first-order chi connectivity index (χ1) is 10.3. The van der Waals surface area contributed by atoms with Gasteiger partial charge in [0.25, 0.3) is 0 Å². The van der Waals surface area contributed by atoms with Gasteiger partial charge in [-0.05, 0) is 44.9 Å². The smallest absolute Gasteiger partial charge is 0.0661 e. The van der Waals surface area contributed by atoms with E-state index in [0.717, 1.165) is 19.6 Å². The van der Waals surface area contributed by atoms with Crippen LogP contribution >= 0.6 is 0 Å². The molecule has 3 rings (SSSR count). The Labute approximate surface area is 129 Å². The number of rotatable bonds is 5. The van der Waals surface area contributed by atoms with Crippen LogP contribution in [0.2, 0.25) is 0 Å². The molecule has 0 aromatic rings. The highest BCUT2D eigenvalue weighted by Crippen LogP contribution is 2.53. The minimum absolute atomic E-state index is 0.0729. The van der Waals surface area contributed by atoms with Crippen molar-refractivity contribution in [2.24, 2.45) is 11.3 Å². The Balaban J connectivity index is 1.54. The number of nitrogens with one attached hydrogen (secondary N) is 1. The van der Waals surface area contributed by atoms with E-state index in [2.05, 4.69) is 12.2 Å². The molecule has 2 N–H and O–H groups in total. The molecule has 3 aliphatic carbocycles. The molecule has 4 unspecified atom stereocenters. The van der Waals surface area contributed by atoms with E-state index in [-0.39, 0.29) is 6.10 Å². The third-order valence-electron chi connectivity index (χ3n) is 6.43. The fourth-order valence-electron chi connectivity index (χ4n) is 5.07. The van der Waals surface area contributed by atoms with Crippen molar-refractivity contribution in [3.63, 3.8) is 0 Å². The normalized spacial score (nSPS) is 39.1. The Hall–Kier alpha value is -0.120. The number of aliphatic hydroxyl groups excluding tert-OH is 1. The highest BCUT2D eigenvalue weighted by molar-refractivity contribution is 5.09. The van der Waals surface area contributed by atoms with E-state index in [9.17, 15) is 5.11 Å². The van der Waals surface area contributed by atoms with Crippen LogP contribution in [0, 0.1) is 11.3 Å². The molecule has 0 aliphatic heterocycles. The second-order valence-electron chi connectivity index (χ2n) is 7.55. The maximum Gasteiger partial charge on any atom is 0.0661 e.